The molecule has 19 heavy (non-hydrogen) atoms. The summed E-state index contributed by atoms with van der Waals surface area (Å²) in [6.45, 7) is 7.82. The molecule has 1 aromatic heterocycles. The summed E-state index contributed by atoms with van der Waals surface area (Å²) in [5, 5.41) is 3.65. The summed E-state index contributed by atoms with van der Waals surface area (Å²) in [6.07, 6.45) is 10.5. The Morgan fingerprint density at radius 2 is 1.95 bits per heavy atom. The molecule has 0 spiro atoms. The van der Waals surface area contributed by atoms with Crippen LogP contribution in [0.15, 0.2) is 18.3 Å². The third-order valence-electron chi connectivity index (χ3n) is 3.60. The van der Waals surface area contributed by atoms with E-state index in [1.54, 1.807) is 0 Å². The predicted molar refractivity (Wildman–Crippen MR) is 83.5 cm³/mol. The van der Waals surface area contributed by atoms with E-state index in [1.165, 1.54) is 43.4 Å². The van der Waals surface area contributed by atoms with Gasteiger partial charge < -0.3 is 5.32 Å². The molecule has 2 nitrogen and oxygen atoms in total. The normalized spacial score (nSPS) is 12.6. The molecule has 1 rings (SSSR count). The predicted octanol–water partition coefficient (Wildman–Crippen LogP) is 4.14. The first-order valence-corrected chi connectivity index (χ1v) is 7.97. The Balaban J connectivity index is 2.29. The average Bonchev–Trinajstić information content (AvgIpc) is 2.45. The van der Waals surface area contributed by atoms with Crippen LogP contribution in [0.5, 0.6) is 0 Å². The molecule has 1 N–H and O–H groups in total. The number of rotatable bonds is 10. The first kappa shape index (κ1) is 16.2. The van der Waals surface area contributed by atoms with E-state index in [0.717, 1.165) is 19.4 Å². The standard InChI is InChI=1S/C17H30N2/c1-4-8-16(18-13-5-2)9-7-10-17-12-11-15(6-3)14-19-17/h11-12,14,16,18H,4-10,13H2,1-3H3. The Morgan fingerprint density at radius 1 is 1.11 bits per heavy atom. The Labute approximate surface area is 119 Å². The number of hydrogen-bond acceptors (Lipinski definition) is 2. The van der Waals surface area contributed by atoms with Crippen molar-refractivity contribution in [3.63, 3.8) is 0 Å². The highest BCUT2D eigenvalue weighted by molar-refractivity contribution is 5.13. The van der Waals surface area contributed by atoms with Crippen molar-refractivity contribution < 1.29 is 0 Å². The van der Waals surface area contributed by atoms with E-state index in [1.807, 2.05) is 6.20 Å². The van der Waals surface area contributed by atoms with Crippen LogP contribution in [0.4, 0.5) is 0 Å². The van der Waals surface area contributed by atoms with E-state index in [9.17, 15) is 0 Å². The molecular formula is C17H30N2. The third kappa shape index (κ3) is 6.72. The van der Waals surface area contributed by atoms with Crippen molar-refractivity contribution in [2.24, 2.45) is 0 Å². The lowest BCUT2D eigenvalue weighted by Gasteiger charge is -2.17. The van der Waals surface area contributed by atoms with Gasteiger partial charge >= 0.3 is 0 Å². The molecule has 1 aromatic rings. The molecule has 0 aliphatic heterocycles. The fourth-order valence-electron chi connectivity index (χ4n) is 2.39. The van der Waals surface area contributed by atoms with Crippen LogP contribution in [0.25, 0.3) is 0 Å². The van der Waals surface area contributed by atoms with Gasteiger partial charge in [0.1, 0.15) is 0 Å². The quantitative estimate of drug-likeness (QED) is 0.685. The van der Waals surface area contributed by atoms with E-state index in [-0.39, 0.29) is 0 Å². The van der Waals surface area contributed by atoms with Gasteiger partial charge in [0.05, 0.1) is 0 Å². The second kappa shape index (κ2) is 9.96. The van der Waals surface area contributed by atoms with E-state index in [2.05, 4.69) is 43.2 Å². The number of pyridine rings is 1. The number of nitrogens with one attached hydrogen (secondary N) is 1. The maximum Gasteiger partial charge on any atom is 0.0403 e. The second-order valence-corrected chi connectivity index (χ2v) is 5.34. The summed E-state index contributed by atoms with van der Waals surface area (Å²) in [7, 11) is 0. The highest BCUT2D eigenvalue weighted by Gasteiger charge is 2.06. The van der Waals surface area contributed by atoms with Gasteiger partial charge in [-0.2, -0.15) is 0 Å². The summed E-state index contributed by atoms with van der Waals surface area (Å²) in [6, 6.07) is 5.09. The molecule has 0 amide bonds. The van der Waals surface area contributed by atoms with Crippen LogP contribution in [-0.4, -0.2) is 17.6 Å². The zero-order valence-electron chi connectivity index (χ0n) is 12.9. The monoisotopic (exact) mass is 262 g/mol. The zero-order valence-corrected chi connectivity index (χ0v) is 12.9. The van der Waals surface area contributed by atoms with Crippen LogP contribution in [0.1, 0.15) is 64.1 Å². The summed E-state index contributed by atoms with van der Waals surface area (Å²) in [5.74, 6) is 0. The number of nitrogens with zero attached hydrogens (tertiary/aromatic N) is 1. The number of aromatic nitrogens is 1. The Kier molecular flexibility index (Phi) is 8.48. The second-order valence-electron chi connectivity index (χ2n) is 5.34. The van der Waals surface area contributed by atoms with Crippen LogP contribution in [0.2, 0.25) is 0 Å². The molecule has 108 valence electrons. The van der Waals surface area contributed by atoms with Crippen molar-refractivity contribution in [3.8, 4) is 0 Å². The fourth-order valence-corrected chi connectivity index (χ4v) is 2.39. The minimum Gasteiger partial charge on any atom is -0.314 e. The van der Waals surface area contributed by atoms with Crippen LogP contribution in [-0.2, 0) is 12.8 Å². The molecule has 0 saturated carbocycles. The van der Waals surface area contributed by atoms with Crippen molar-refractivity contribution in [1.82, 2.24) is 10.3 Å². The van der Waals surface area contributed by atoms with Gasteiger partial charge in [0, 0.05) is 17.9 Å². The van der Waals surface area contributed by atoms with Crippen molar-refractivity contribution in [2.75, 3.05) is 6.54 Å². The molecule has 1 atom stereocenters. The van der Waals surface area contributed by atoms with Gasteiger partial charge in [-0.3, -0.25) is 4.98 Å². The Bertz CT molecular complexity index is 319. The van der Waals surface area contributed by atoms with Gasteiger partial charge in [0.25, 0.3) is 0 Å². The largest absolute Gasteiger partial charge is 0.314 e. The summed E-state index contributed by atoms with van der Waals surface area (Å²) >= 11 is 0. The Morgan fingerprint density at radius 3 is 2.53 bits per heavy atom. The minimum absolute atomic E-state index is 0.694. The van der Waals surface area contributed by atoms with Gasteiger partial charge in [-0.1, -0.05) is 33.3 Å². The summed E-state index contributed by atoms with van der Waals surface area (Å²) in [5.41, 5.74) is 2.57. The summed E-state index contributed by atoms with van der Waals surface area (Å²) in [4.78, 5) is 4.53. The highest BCUT2D eigenvalue weighted by atomic mass is 14.9. The summed E-state index contributed by atoms with van der Waals surface area (Å²) < 4.78 is 0. The lowest BCUT2D eigenvalue weighted by molar-refractivity contribution is 0.437. The van der Waals surface area contributed by atoms with Gasteiger partial charge in [-0.15, -0.1) is 0 Å². The lowest BCUT2D eigenvalue weighted by Crippen LogP contribution is -2.29. The van der Waals surface area contributed by atoms with E-state index in [0.29, 0.717) is 6.04 Å². The molecule has 1 heterocycles. The number of aryl methyl sites for hydroxylation is 2. The van der Waals surface area contributed by atoms with Crippen LogP contribution < -0.4 is 5.32 Å². The molecule has 0 radical (unpaired) electrons. The fraction of sp³-hybridized carbons (Fsp3) is 0.706. The molecule has 0 aliphatic carbocycles. The molecule has 2 heteroatoms. The van der Waals surface area contributed by atoms with Gasteiger partial charge in [-0.25, -0.2) is 0 Å². The van der Waals surface area contributed by atoms with E-state index < -0.39 is 0 Å². The topological polar surface area (TPSA) is 24.9 Å². The molecule has 0 fully saturated rings. The maximum absolute atomic E-state index is 4.53. The van der Waals surface area contributed by atoms with Gasteiger partial charge in [0.15, 0.2) is 0 Å². The smallest absolute Gasteiger partial charge is 0.0403 e. The average molecular weight is 262 g/mol. The van der Waals surface area contributed by atoms with Crippen molar-refractivity contribution in [1.29, 1.82) is 0 Å². The van der Waals surface area contributed by atoms with Gasteiger partial charge in [-0.05, 0) is 56.7 Å². The number of hydrogen-bond donors (Lipinski definition) is 1. The van der Waals surface area contributed by atoms with E-state index in [4.69, 9.17) is 0 Å². The van der Waals surface area contributed by atoms with Crippen LogP contribution in [0, 0.1) is 0 Å². The van der Waals surface area contributed by atoms with E-state index >= 15 is 0 Å². The SMILES string of the molecule is CCCNC(CCC)CCCc1ccc(CC)cn1. The molecular weight excluding hydrogens is 232 g/mol. The van der Waals surface area contributed by atoms with Crippen molar-refractivity contribution in [2.45, 2.75) is 71.8 Å². The zero-order chi connectivity index (χ0) is 13.9. The molecule has 0 aliphatic rings. The maximum atomic E-state index is 4.53. The van der Waals surface area contributed by atoms with Crippen molar-refractivity contribution in [3.05, 3.63) is 29.6 Å². The molecule has 1 unspecified atom stereocenters. The first-order valence-electron chi connectivity index (χ1n) is 7.97. The Hall–Kier alpha value is -0.890. The molecule has 0 bridgehead atoms. The third-order valence-corrected chi connectivity index (χ3v) is 3.60. The van der Waals surface area contributed by atoms with Crippen LogP contribution in [0.3, 0.4) is 0 Å². The van der Waals surface area contributed by atoms with Gasteiger partial charge in [0.2, 0.25) is 0 Å². The molecule has 0 aromatic carbocycles. The van der Waals surface area contributed by atoms with Crippen molar-refractivity contribution >= 4 is 0 Å². The first-order chi connectivity index (χ1) is 9.30. The lowest BCUT2D eigenvalue weighted by atomic mass is 10.0. The molecule has 0 saturated heterocycles. The van der Waals surface area contributed by atoms with Crippen LogP contribution >= 0.6 is 0 Å². The minimum atomic E-state index is 0.694. The highest BCUT2D eigenvalue weighted by Crippen LogP contribution is 2.09.